The van der Waals surface area contributed by atoms with Crippen LogP contribution in [0.25, 0.3) is 10.8 Å². The van der Waals surface area contributed by atoms with Crippen molar-refractivity contribution in [3.8, 4) is 5.75 Å². The van der Waals surface area contributed by atoms with Gasteiger partial charge in [-0.05, 0) is 23.3 Å². The third-order valence-corrected chi connectivity index (χ3v) is 3.02. The number of benzene rings is 2. The van der Waals surface area contributed by atoms with E-state index in [1.807, 2.05) is 24.3 Å². The van der Waals surface area contributed by atoms with Crippen molar-refractivity contribution in [3.05, 3.63) is 42.0 Å². The van der Waals surface area contributed by atoms with E-state index >= 15 is 0 Å². The number of nitrogens with one attached hydrogen (secondary N) is 3. The van der Waals surface area contributed by atoms with E-state index in [9.17, 15) is 9.90 Å². The lowest BCUT2D eigenvalue weighted by molar-refractivity contribution is 0.0952. The average Bonchev–Trinajstić information content (AvgIpc) is 2.46. The summed E-state index contributed by atoms with van der Waals surface area (Å²) in [5.74, 6) is -0.298. The van der Waals surface area contributed by atoms with E-state index in [-0.39, 0.29) is 11.7 Å². The lowest BCUT2D eigenvalue weighted by Crippen LogP contribution is -2.27. The quantitative estimate of drug-likeness (QED) is 0.367. The second kappa shape index (κ2) is 6.56. The van der Waals surface area contributed by atoms with Gasteiger partial charge in [-0.1, -0.05) is 30.3 Å². The zero-order valence-electron chi connectivity index (χ0n) is 11.0. The molecule has 0 aromatic heterocycles. The summed E-state index contributed by atoms with van der Waals surface area (Å²) in [7, 11) is 0. The van der Waals surface area contributed by atoms with Gasteiger partial charge in [0, 0.05) is 13.1 Å². The monoisotopic (exact) mass is 271 g/mol. The molecule has 0 unspecified atom stereocenters. The summed E-state index contributed by atoms with van der Waals surface area (Å²) in [6.07, 6.45) is 1.84. The number of carbonyl (C=O) groups excluding carboxylic acids is 1. The molecule has 0 radical (unpaired) electrons. The maximum Gasteiger partial charge on any atom is 0.255 e. The second-order valence-corrected chi connectivity index (χ2v) is 4.39. The van der Waals surface area contributed by atoms with Crippen LogP contribution in [0, 0.1) is 5.41 Å². The van der Waals surface area contributed by atoms with Gasteiger partial charge >= 0.3 is 0 Å². The maximum atomic E-state index is 12.2. The van der Waals surface area contributed by atoms with Crippen LogP contribution in [0.3, 0.4) is 0 Å². The molecule has 0 aliphatic rings. The Labute approximate surface area is 117 Å². The summed E-state index contributed by atoms with van der Waals surface area (Å²) in [6, 6.07) is 10.8. The van der Waals surface area contributed by atoms with Gasteiger partial charge in [0.25, 0.3) is 5.91 Å². The molecule has 0 fully saturated rings. The lowest BCUT2D eigenvalue weighted by atomic mass is 10.0. The molecule has 0 saturated heterocycles. The van der Waals surface area contributed by atoms with E-state index in [0.29, 0.717) is 25.1 Å². The summed E-state index contributed by atoms with van der Waals surface area (Å²) < 4.78 is 0. The third-order valence-electron chi connectivity index (χ3n) is 3.02. The van der Waals surface area contributed by atoms with Crippen molar-refractivity contribution in [2.45, 2.75) is 6.42 Å². The van der Waals surface area contributed by atoms with Gasteiger partial charge in [0.05, 0.1) is 11.9 Å². The molecule has 2 aromatic rings. The lowest BCUT2D eigenvalue weighted by Gasteiger charge is -2.10. The molecule has 0 atom stereocenters. The highest BCUT2D eigenvalue weighted by atomic mass is 16.3. The highest BCUT2D eigenvalue weighted by Crippen LogP contribution is 2.26. The Kier molecular flexibility index (Phi) is 4.55. The number of aromatic hydroxyl groups is 1. The molecule has 5 heteroatoms. The van der Waals surface area contributed by atoms with Crippen LogP contribution in [0.5, 0.6) is 5.75 Å². The normalized spacial score (nSPS) is 10.2. The largest absolute Gasteiger partial charge is 0.507 e. The van der Waals surface area contributed by atoms with E-state index in [4.69, 9.17) is 5.41 Å². The molecular formula is C15H17N3O2. The first-order valence-corrected chi connectivity index (χ1v) is 6.45. The minimum Gasteiger partial charge on any atom is -0.507 e. The molecule has 0 bridgehead atoms. The van der Waals surface area contributed by atoms with Gasteiger partial charge in [0.1, 0.15) is 5.75 Å². The number of phenolic OH excluding ortho intramolecular Hbond substituents is 1. The molecule has 104 valence electrons. The van der Waals surface area contributed by atoms with Crippen molar-refractivity contribution in [2.75, 3.05) is 13.1 Å². The molecule has 20 heavy (non-hydrogen) atoms. The van der Waals surface area contributed by atoms with Crippen molar-refractivity contribution >= 4 is 23.0 Å². The number of carbonyl (C=O) groups is 1. The van der Waals surface area contributed by atoms with Gasteiger partial charge in [0.2, 0.25) is 0 Å². The van der Waals surface area contributed by atoms with Crippen molar-refractivity contribution < 1.29 is 9.90 Å². The standard InChI is InChI=1S/C15H17N3O2/c16-10-17-8-3-9-18-15(20)14-12-5-2-1-4-11(12)6-7-13(14)19/h1-2,4-7,10,19H,3,8-9H2,(H2,16,17)(H,18,20). The number of fused-ring (bicyclic) bond motifs is 1. The van der Waals surface area contributed by atoms with Crippen molar-refractivity contribution in [3.63, 3.8) is 0 Å². The summed E-state index contributed by atoms with van der Waals surface area (Å²) in [6.45, 7) is 1.12. The van der Waals surface area contributed by atoms with Crippen LogP contribution >= 0.6 is 0 Å². The number of rotatable bonds is 6. The Morgan fingerprint density at radius 2 is 2.00 bits per heavy atom. The van der Waals surface area contributed by atoms with E-state index in [2.05, 4.69) is 10.6 Å². The van der Waals surface area contributed by atoms with Crippen LogP contribution in [0.1, 0.15) is 16.8 Å². The van der Waals surface area contributed by atoms with Crippen LogP contribution in [0.15, 0.2) is 36.4 Å². The van der Waals surface area contributed by atoms with Gasteiger partial charge in [-0.25, -0.2) is 0 Å². The molecule has 5 nitrogen and oxygen atoms in total. The SMILES string of the molecule is N=CNCCCNC(=O)c1c(O)ccc2ccccc12. The van der Waals surface area contributed by atoms with E-state index in [0.717, 1.165) is 17.1 Å². The van der Waals surface area contributed by atoms with Crippen LogP contribution in [-0.4, -0.2) is 30.4 Å². The molecule has 0 saturated carbocycles. The second-order valence-electron chi connectivity index (χ2n) is 4.39. The molecular weight excluding hydrogens is 254 g/mol. The fraction of sp³-hybridized carbons (Fsp3) is 0.200. The number of phenols is 1. The summed E-state index contributed by atoms with van der Waals surface area (Å²) >= 11 is 0. The first-order chi connectivity index (χ1) is 9.74. The molecule has 0 aliphatic heterocycles. The van der Waals surface area contributed by atoms with Gasteiger partial charge in [-0.3, -0.25) is 10.2 Å². The van der Waals surface area contributed by atoms with Gasteiger partial charge in [-0.15, -0.1) is 0 Å². The summed E-state index contributed by atoms with van der Waals surface area (Å²) in [5.41, 5.74) is 0.308. The van der Waals surface area contributed by atoms with Crippen molar-refractivity contribution in [1.82, 2.24) is 10.6 Å². The van der Waals surface area contributed by atoms with Gasteiger partial charge in [0.15, 0.2) is 0 Å². The number of hydrogen-bond acceptors (Lipinski definition) is 3. The average molecular weight is 271 g/mol. The van der Waals surface area contributed by atoms with Gasteiger partial charge < -0.3 is 15.7 Å². The Bertz CT molecular complexity index is 626. The summed E-state index contributed by atoms with van der Waals surface area (Å²) in [5, 5.41) is 23.9. The zero-order valence-corrected chi connectivity index (χ0v) is 11.0. The molecule has 1 amide bonds. The minimum absolute atomic E-state index is 0.0150. The van der Waals surface area contributed by atoms with E-state index in [1.165, 1.54) is 6.07 Å². The summed E-state index contributed by atoms with van der Waals surface area (Å²) in [4.78, 5) is 12.2. The Balaban J connectivity index is 2.13. The minimum atomic E-state index is -0.283. The highest BCUT2D eigenvalue weighted by Gasteiger charge is 2.14. The third kappa shape index (κ3) is 3.06. The maximum absolute atomic E-state index is 12.2. The molecule has 0 aliphatic carbocycles. The van der Waals surface area contributed by atoms with E-state index < -0.39 is 0 Å². The number of amides is 1. The highest BCUT2D eigenvalue weighted by molar-refractivity contribution is 6.09. The topological polar surface area (TPSA) is 85.2 Å². The Morgan fingerprint density at radius 1 is 1.20 bits per heavy atom. The first kappa shape index (κ1) is 13.9. The predicted molar refractivity (Wildman–Crippen MR) is 79.3 cm³/mol. The van der Waals surface area contributed by atoms with Crippen molar-refractivity contribution in [1.29, 1.82) is 5.41 Å². The number of hydrogen-bond donors (Lipinski definition) is 4. The van der Waals surface area contributed by atoms with Gasteiger partial charge in [-0.2, -0.15) is 0 Å². The Hall–Kier alpha value is -2.56. The van der Waals surface area contributed by atoms with Crippen LogP contribution < -0.4 is 10.6 Å². The predicted octanol–water partition coefficient (Wildman–Crippen LogP) is 1.86. The molecule has 2 rings (SSSR count). The molecule has 2 aromatic carbocycles. The first-order valence-electron chi connectivity index (χ1n) is 6.45. The Morgan fingerprint density at radius 3 is 2.80 bits per heavy atom. The molecule has 0 spiro atoms. The van der Waals surface area contributed by atoms with Crippen LogP contribution in [-0.2, 0) is 0 Å². The molecule has 0 heterocycles. The van der Waals surface area contributed by atoms with E-state index in [1.54, 1.807) is 6.07 Å². The fourth-order valence-corrected chi connectivity index (χ4v) is 2.05. The molecule has 4 N–H and O–H groups in total. The van der Waals surface area contributed by atoms with Crippen LogP contribution in [0.4, 0.5) is 0 Å². The van der Waals surface area contributed by atoms with Crippen molar-refractivity contribution in [2.24, 2.45) is 0 Å². The smallest absolute Gasteiger partial charge is 0.255 e. The van der Waals surface area contributed by atoms with Crippen LogP contribution in [0.2, 0.25) is 0 Å². The fourth-order valence-electron chi connectivity index (χ4n) is 2.05. The zero-order chi connectivity index (χ0) is 14.4.